The molecule has 0 aliphatic heterocycles. The summed E-state index contributed by atoms with van der Waals surface area (Å²) in [5.41, 5.74) is 1.06. The topological polar surface area (TPSA) is 29.5 Å². The van der Waals surface area contributed by atoms with Gasteiger partial charge in [-0.25, -0.2) is 8.62 Å². The lowest BCUT2D eigenvalue weighted by molar-refractivity contribution is 0.0601. The molecule has 0 saturated carbocycles. The molecule has 0 radical (unpaired) electrons. The van der Waals surface area contributed by atoms with E-state index in [2.05, 4.69) is 17.6 Å². The smallest absolute Gasteiger partial charge is 0.337 e. The number of hydrogen-bond acceptors (Lipinski definition) is 4. The second kappa shape index (κ2) is 4.39. The van der Waals surface area contributed by atoms with Crippen molar-refractivity contribution in [2.75, 3.05) is 10.9 Å². The molecular formula is C8H8ClNO2S. The largest absolute Gasteiger partial charge is 0.465 e. The number of halogens is 1. The summed E-state index contributed by atoms with van der Waals surface area (Å²) < 4.78 is 5.65. The minimum absolute atomic E-state index is 0.395. The zero-order valence-corrected chi connectivity index (χ0v) is 8.55. The Balaban J connectivity index is 2.98. The molecule has 1 rings (SSSR count). The summed E-state index contributed by atoms with van der Waals surface area (Å²) in [4.78, 5) is 11.1. The lowest BCUT2D eigenvalue weighted by atomic mass is 10.2. The summed E-state index contributed by atoms with van der Waals surface area (Å²) in [7, 11) is 1.33. The Kier molecular flexibility index (Phi) is 3.45. The third-order valence-corrected chi connectivity index (χ3v) is 1.91. The molecule has 1 aromatic rings. The number of carbonyl (C=O) groups excluding carboxylic acids is 1. The normalized spacial score (nSPS) is 9.46. The predicted molar refractivity (Wildman–Crippen MR) is 55.1 cm³/mol. The molecule has 0 aliphatic rings. The second-order valence-electron chi connectivity index (χ2n) is 2.30. The van der Waals surface area contributed by atoms with Gasteiger partial charge in [0.1, 0.15) is 0 Å². The van der Waals surface area contributed by atoms with E-state index < -0.39 is 5.97 Å². The highest BCUT2D eigenvalue weighted by molar-refractivity contribution is 7.83. The van der Waals surface area contributed by atoms with Crippen molar-refractivity contribution in [3.8, 4) is 0 Å². The lowest BCUT2D eigenvalue weighted by Crippen LogP contribution is -2.02. The fourth-order valence-corrected chi connectivity index (χ4v) is 1.10. The number of carbonyl (C=O) groups is 1. The first-order chi connectivity index (χ1) is 6.15. The zero-order chi connectivity index (χ0) is 9.84. The number of hydrogen-bond donors (Lipinski definition) is 1. The van der Waals surface area contributed by atoms with Crippen molar-refractivity contribution in [3.05, 3.63) is 29.8 Å². The molecule has 3 nitrogen and oxygen atoms in total. The van der Waals surface area contributed by atoms with Gasteiger partial charge in [0.15, 0.2) is 0 Å². The molecule has 0 atom stereocenters. The minimum Gasteiger partial charge on any atom is -0.465 e. The number of anilines is 1. The maximum Gasteiger partial charge on any atom is 0.337 e. The number of benzene rings is 1. The van der Waals surface area contributed by atoms with Gasteiger partial charge in [-0.1, -0.05) is 6.07 Å². The van der Waals surface area contributed by atoms with Crippen LogP contribution in [-0.4, -0.2) is 13.1 Å². The molecule has 0 spiro atoms. The number of thiol groups is 1. The van der Waals surface area contributed by atoms with Crippen LogP contribution in [0.5, 0.6) is 0 Å². The Morgan fingerprint density at radius 3 is 2.85 bits per heavy atom. The molecule has 13 heavy (non-hydrogen) atoms. The quantitative estimate of drug-likeness (QED) is 0.468. The summed E-state index contributed by atoms with van der Waals surface area (Å²) in [6.45, 7) is 0. The highest BCUT2D eigenvalue weighted by Gasteiger charge is 2.06. The number of nitrogens with zero attached hydrogens (tertiary/aromatic N) is 1. The van der Waals surface area contributed by atoms with Gasteiger partial charge >= 0.3 is 5.97 Å². The second-order valence-corrected chi connectivity index (χ2v) is 3.28. The molecule has 0 heterocycles. The van der Waals surface area contributed by atoms with Gasteiger partial charge < -0.3 is 4.74 Å². The molecule has 0 saturated heterocycles. The molecule has 0 amide bonds. The average Bonchev–Trinajstić information content (AvgIpc) is 2.17. The van der Waals surface area contributed by atoms with E-state index in [4.69, 9.17) is 11.8 Å². The average molecular weight is 218 g/mol. The predicted octanol–water partition coefficient (Wildman–Crippen LogP) is 2.28. The third-order valence-electron chi connectivity index (χ3n) is 1.48. The van der Waals surface area contributed by atoms with Crippen molar-refractivity contribution in [1.29, 1.82) is 0 Å². The van der Waals surface area contributed by atoms with Gasteiger partial charge in [0.05, 0.1) is 18.4 Å². The number of rotatable bonds is 2. The number of methoxy groups -OCH3 is 1. The fraction of sp³-hybridized carbons (Fsp3) is 0.125. The maximum absolute atomic E-state index is 11.1. The van der Waals surface area contributed by atoms with Gasteiger partial charge in [0, 0.05) is 11.8 Å². The summed E-state index contributed by atoms with van der Waals surface area (Å²) in [5, 5.41) is 0. The Morgan fingerprint density at radius 1 is 1.62 bits per heavy atom. The first-order valence-corrected chi connectivity index (χ1v) is 4.22. The molecule has 0 bridgehead atoms. The molecule has 0 unspecified atom stereocenters. The van der Waals surface area contributed by atoms with Gasteiger partial charge in [-0.05, 0) is 31.0 Å². The van der Waals surface area contributed by atoms with Crippen LogP contribution in [0.1, 0.15) is 10.4 Å². The number of ether oxygens (including phenoxy) is 1. The molecule has 5 heteroatoms. The van der Waals surface area contributed by atoms with E-state index in [1.54, 1.807) is 24.3 Å². The van der Waals surface area contributed by atoms with Gasteiger partial charge in [0.2, 0.25) is 0 Å². The summed E-state index contributed by atoms with van der Waals surface area (Å²) in [5.74, 6) is -0.395. The zero-order valence-electron chi connectivity index (χ0n) is 6.90. The van der Waals surface area contributed by atoms with E-state index in [-0.39, 0.29) is 0 Å². The van der Waals surface area contributed by atoms with Crippen molar-refractivity contribution in [3.63, 3.8) is 0 Å². The van der Waals surface area contributed by atoms with Crippen LogP contribution in [0.25, 0.3) is 0 Å². The van der Waals surface area contributed by atoms with Gasteiger partial charge in [0.25, 0.3) is 0 Å². The van der Waals surface area contributed by atoms with Crippen molar-refractivity contribution in [2.45, 2.75) is 0 Å². The number of esters is 1. The fourth-order valence-electron chi connectivity index (χ4n) is 0.866. The van der Waals surface area contributed by atoms with Crippen LogP contribution in [0.4, 0.5) is 5.69 Å². The summed E-state index contributed by atoms with van der Waals surface area (Å²) in [6.07, 6.45) is 0. The van der Waals surface area contributed by atoms with Crippen LogP contribution in [-0.2, 0) is 4.74 Å². The maximum atomic E-state index is 11.1. The van der Waals surface area contributed by atoms with Gasteiger partial charge in [-0.2, -0.15) is 0 Å². The standard InChI is InChI=1S/C8H8ClNO2S/c1-12-8(11)6-3-2-4-7(5-6)10(9)13/h2-5,13H,1H3. The van der Waals surface area contributed by atoms with Crippen LogP contribution in [0.3, 0.4) is 0 Å². The monoisotopic (exact) mass is 217 g/mol. The Labute approximate surface area is 86.9 Å². The van der Waals surface area contributed by atoms with Gasteiger partial charge in [-0.3, -0.25) is 0 Å². The molecule has 0 aromatic heterocycles. The van der Waals surface area contributed by atoms with Crippen LogP contribution < -0.4 is 3.82 Å². The van der Waals surface area contributed by atoms with E-state index in [1.807, 2.05) is 0 Å². The Bertz CT molecular complexity index is 317. The molecule has 0 aliphatic carbocycles. The highest BCUT2D eigenvalue weighted by Crippen LogP contribution is 2.19. The van der Waals surface area contributed by atoms with Crippen LogP contribution >= 0.6 is 24.6 Å². The third kappa shape index (κ3) is 2.54. The van der Waals surface area contributed by atoms with Gasteiger partial charge in [-0.15, -0.1) is 0 Å². The first-order valence-electron chi connectivity index (χ1n) is 3.48. The van der Waals surface area contributed by atoms with Crippen molar-refractivity contribution in [2.24, 2.45) is 0 Å². The van der Waals surface area contributed by atoms with Crippen LogP contribution in [0, 0.1) is 0 Å². The molecule has 70 valence electrons. The van der Waals surface area contributed by atoms with E-state index >= 15 is 0 Å². The van der Waals surface area contributed by atoms with Crippen LogP contribution in [0.15, 0.2) is 24.3 Å². The van der Waals surface area contributed by atoms with E-state index in [9.17, 15) is 4.79 Å². The Morgan fingerprint density at radius 2 is 2.31 bits per heavy atom. The molecule has 1 aromatic carbocycles. The van der Waals surface area contributed by atoms with E-state index in [0.717, 1.165) is 3.82 Å². The molecule has 0 fully saturated rings. The van der Waals surface area contributed by atoms with Crippen LogP contribution in [0.2, 0.25) is 0 Å². The summed E-state index contributed by atoms with van der Waals surface area (Å²) in [6, 6.07) is 6.66. The molecular weight excluding hydrogens is 210 g/mol. The van der Waals surface area contributed by atoms with Crippen molar-refractivity contribution < 1.29 is 9.53 Å². The minimum atomic E-state index is -0.395. The first kappa shape index (κ1) is 10.2. The Hall–Kier alpha value is -0.870. The lowest BCUT2D eigenvalue weighted by Gasteiger charge is -2.07. The van der Waals surface area contributed by atoms with E-state index in [0.29, 0.717) is 11.3 Å². The summed E-state index contributed by atoms with van der Waals surface area (Å²) >= 11 is 9.45. The molecule has 0 N–H and O–H groups in total. The van der Waals surface area contributed by atoms with Crippen molar-refractivity contribution >= 4 is 36.2 Å². The SMILES string of the molecule is COC(=O)c1cccc(N(S)Cl)c1. The highest BCUT2D eigenvalue weighted by atomic mass is 35.5. The van der Waals surface area contributed by atoms with E-state index in [1.165, 1.54) is 7.11 Å². The van der Waals surface area contributed by atoms with Crippen molar-refractivity contribution in [1.82, 2.24) is 0 Å².